The molecule has 1 atom stereocenters. The molecule has 1 aromatic rings. The zero-order chi connectivity index (χ0) is 14.2. The number of hydrogen-bond donors (Lipinski definition) is 2. The first kappa shape index (κ1) is 14.5. The molecule has 6 nitrogen and oxygen atoms in total. The van der Waals surface area contributed by atoms with Gasteiger partial charge in [0.05, 0.1) is 25.5 Å². The molecule has 108 valence electrons. The summed E-state index contributed by atoms with van der Waals surface area (Å²) in [6.07, 6.45) is 3.99. The molecule has 0 bridgehead atoms. The van der Waals surface area contributed by atoms with Crippen LogP contribution in [0.5, 0.6) is 0 Å². The van der Waals surface area contributed by atoms with Crippen molar-refractivity contribution in [2.75, 3.05) is 13.2 Å². The van der Waals surface area contributed by atoms with Gasteiger partial charge < -0.3 is 15.2 Å². The SMILES string of the molecule is NC(=O)NN=Cc1ccc(COCC2CCCO2)cc1. The van der Waals surface area contributed by atoms with Crippen LogP contribution < -0.4 is 11.2 Å². The minimum atomic E-state index is -0.680. The number of carbonyl (C=O) groups excluding carboxylic acids is 1. The predicted octanol–water partition coefficient (Wildman–Crippen LogP) is 1.38. The van der Waals surface area contributed by atoms with Gasteiger partial charge in [0, 0.05) is 6.61 Å². The Morgan fingerprint density at radius 2 is 2.30 bits per heavy atom. The maximum atomic E-state index is 10.4. The lowest BCUT2D eigenvalue weighted by molar-refractivity contribution is 0.0106. The van der Waals surface area contributed by atoms with Crippen LogP contribution in [0.2, 0.25) is 0 Å². The molecule has 1 aliphatic rings. The Labute approximate surface area is 117 Å². The van der Waals surface area contributed by atoms with Gasteiger partial charge in [-0.25, -0.2) is 10.2 Å². The summed E-state index contributed by atoms with van der Waals surface area (Å²) < 4.78 is 11.1. The summed E-state index contributed by atoms with van der Waals surface area (Å²) in [5.41, 5.74) is 9.00. The Kier molecular flexibility index (Phi) is 5.52. The van der Waals surface area contributed by atoms with Gasteiger partial charge in [0.2, 0.25) is 0 Å². The van der Waals surface area contributed by atoms with Gasteiger partial charge in [-0.1, -0.05) is 24.3 Å². The normalized spacial score (nSPS) is 18.5. The van der Waals surface area contributed by atoms with E-state index in [9.17, 15) is 4.79 Å². The van der Waals surface area contributed by atoms with Gasteiger partial charge in [0.1, 0.15) is 0 Å². The lowest BCUT2D eigenvalue weighted by Crippen LogP contribution is -2.24. The number of nitrogens with one attached hydrogen (secondary N) is 1. The summed E-state index contributed by atoms with van der Waals surface area (Å²) in [6, 6.07) is 7.04. The molecule has 3 N–H and O–H groups in total. The minimum Gasteiger partial charge on any atom is -0.376 e. The molecular formula is C14H19N3O3. The number of ether oxygens (including phenoxy) is 2. The third kappa shape index (κ3) is 4.99. The van der Waals surface area contributed by atoms with Crippen LogP contribution in [0.15, 0.2) is 29.4 Å². The van der Waals surface area contributed by atoms with Crippen molar-refractivity contribution in [1.29, 1.82) is 0 Å². The Morgan fingerprint density at radius 3 is 2.95 bits per heavy atom. The smallest absolute Gasteiger partial charge is 0.332 e. The van der Waals surface area contributed by atoms with Crippen molar-refractivity contribution in [1.82, 2.24) is 5.43 Å². The second kappa shape index (κ2) is 7.62. The Hall–Kier alpha value is -1.92. The number of hydrogen-bond acceptors (Lipinski definition) is 4. The summed E-state index contributed by atoms with van der Waals surface area (Å²) in [7, 11) is 0. The van der Waals surface area contributed by atoms with Crippen molar-refractivity contribution >= 4 is 12.2 Å². The van der Waals surface area contributed by atoms with E-state index in [1.165, 1.54) is 6.21 Å². The summed E-state index contributed by atoms with van der Waals surface area (Å²) in [5.74, 6) is 0. The molecule has 1 unspecified atom stereocenters. The van der Waals surface area contributed by atoms with Crippen LogP contribution in [0.1, 0.15) is 24.0 Å². The Balaban J connectivity index is 1.73. The van der Waals surface area contributed by atoms with Crippen molar-refractivity contribution in [3.05, 3.63) is 35.4 Å². The number of carbonyl (C=O) groups is 1. The maximum absolute atomic E-state index is 10.4. The minimum absolute atomic E-state index is 0.251. The fraction of sp³-hybridized carbons (Fsp3) is 0.429. The number of primary amides is 1. The van der Waals surface area contributed by atoms with Crippen molar-refractivity contribution in [3.8, 4) is 0 Å². The van der Waals surface area contributed by atoms with Gasteiger partial charge in [-0.3, -0.25) is 0 Å². The van der Waals surface area contributed by atoms with Crippen LogP contribution in [-0.2, 0) is 16.1 Å². The van der Waals surface area contributed by atoms with Gasteiger partial charge in [0.25, 0.3) is 0 Å². The van der Waals surface area contributed by atoms with E-state index in [0.717, 1.165) is 30.6 Å². The first-order valence-electron chi connectivity index (χ1n) is 6.61. The van der Waals surface area contributed by atoms with Crippen molar-refractivity contribution < 1.29 is 14.3 Å². The molecule has 1 fully saturated rings. The highest BCUT2D eigenvalue weighted by Crippen LogP contribution is 2.13. The third-order valence-corrected chi connectivity index (χ3v) is 2.96. The van der Waals surface area contributed by atoms with E-state index in [1.54, 1.807) is 0 Å². The monoisotopic (exact) mass is 277 g/mol. The molecule has 1 aromatic carbocycles. The van der Waals surface area contributed by atoms with Crippen molar-refractivity contribution in [2.45, 2.75) is 25.6 Å². The average Bonchev–Trinajstić information content (AvgIpc) is 2.93. The summed E-state index contributed by atoms with van der Waals surface area (Å²) in [5, 5.41) is 3.69. The molecular weight excluding hydrogens is 258 g/mol. The van der Waals surface area contributed by atoms with E-state index in [0.29, 0.717) is 13.2 Å². The van der Waals surface area contributed by atoms with E-state index < -0.39 is 6.03 Å². The number of nitrogens with two attached hydrogens (primary N) is 1. The highest BCUT2D eigenvalue weighted by atomic mass is 16.5. The zero-order valence-electron chi connectivity index (χ0n) is 11.2. The molecule has 1 heterocycles. The fourth-order valence-corrected chi connectivity index (χ4v) is 1.95. The largest absolute Gasteiger partial charge is 0.376 e. The first-order valence-corrected chi connectivity index (χ1v) is 6.61. The van der Waals surface area contributed by atoms with Gasteiger partial charge in [-0.05, 0) is 24.0 Å². The number of hydrazone groups is 1. The molecule has 6 heteroatoms. The molecule has 2 amide bonds. The highest BCUT2D eigenvalue weighted by Gasteiger charge is 2.14. The van der Waals surface area contributed by atoms with Crippen LogP contribution in [0.25, 0.3) is 0 Å². The van der Waals surface area contributed by atoms with E-state index in [2.05, 4.69) is 10.5 Å². The first-order chi connectivity index (χ1) is 9.74. The third-order valence-electron chi connectivity index (χ3n) is 2.96. The molecule has 2 rings (SSSR count). The Bertz CT molecular complexity index is 453. The van der Waals surface area contributed by atoms with Gasteiger partial charge in [-0.2, -0.15) is 5.10 Å². The molecule has 0 aromatic heterocycles. The van der Waals surface area contributed by atoms with E-state index in [1.807, 2.05) is 24.3 Å². The lowest BCUT2D eigenvalue weighted by atomic mass is 10.1. The maximum Gasteiger partial charge on any atom is 0.332 e. The molecule has 0 radical (unpaired) electrons. The quantitative estimate of drug-likeness (QED) is 0.608. The second-order valence-corrected chi connectivity index (χ2v) is 4.63. The van der Waals surface area contributed by atoms with Crippen molar-refractivity contribution in [3.63, 3.8) is 0 Å². The van der Waals surface area contributed by atoms with Crippen LogP contribution in [0.4, 0.5) is 4.79 Å². The molecule has 0 aliphatic carbocycles. The molecule has 1 saturated heterocycles. The van der Waals surface area contributed by atoms with Gasteiger partial charge in [-0.15, -0.1) is 0 Å². The van der Waals surface area contributed by atoms with Crippen LogP contribution >= 0.6 is 0 Å². The number of rotatable bonds is 6. The summed E-state index contributed by atoms with van der Waals surface area (Å²) in [4.78, 5) is 10.4. The second-order valence-electron chi connectivity index (χ2n) is 4.63. The van der Waals surface area contributed by atoms with E-state index >= 15 is 0 Å². The average molecular weight is 277 g/mol. The van der Waals surface area contributed by atoms with Gasteiger partial charge in [0.15, 0.2) is 0 Å². The zero-order valence-corrected chi connectivity index (χ0v) is 11.2. The molecule has 20 heavy (non-hydrogen) atoms. The molecule has 0 saturated carbocycles. The number of nitrogens with zero attached hydrogens (tertiary/aromatic N) is 1. The summed E-state index contributed by atoms with van der Waals surface area (Å²) >= 11 is 0. The van der Waals surface area contributed by atoms with Gasteiger partial charge >= 0.3 is 6.03 Å². The summed E-state index contributed by atoms with van der Waals surface area (Å²) in [6.45, 7) is 2.06. The van der Waals surface area contributed by atoms with E-state index in [-0.39, 0.29) is 6.10 Å². The molecule has 1 aliphatic heterocycles. The number of benzene rings is 1. The van der Waals surface area contributed by atoms with Crippen LogP contribution in [0, 0.1) is 0 Å². The van der Waals surface area contributed by atoms with Crippen LogP contribution in [-0.4, -0.2) is 31.6 Å². The lowest BCUT2D eigenvalue weighted by Gasteiger charge is -2.10. The number of urea groups is 1. The standard InChI is InChI=1S/C14H19N3O3/c15-14(18)17-16-8-11-3-5-12(6-4-11)9-19-10-13-2-1-7-20-13/h3-6,8,13H,1-2,7,9-10H2,(H3,15,17,18). The van der Waals surface area contributed by atoms with E-state index in [4.69, 9.17) is 15.2 Å². The fourth-order valence-electron chi connectivity index (χ4n) is 1.95. The molecule has 0 spiro atoms. The topological polar surface area (TPSA) is 85.9 Å². The highest BCUT2D eigenvalue weighted by molar-refractivity contribution is 5.81. The predicted molar refractivity (Wildman–Crippen MR) is 75.4 cm³/mol. The van der Waals surface area contributed by atoms with Crippen molar-refractivity contribution in [2.24, 2.45) is 10.8 Å². The Morgan fingerprint density at radius 1 is 1.50 bits per heavy atom. The number of amides is 2. The van der Waals surface area contributed by atoms with Crippen LogP contribution in [0.3, 0.4) is 0 Å².